The van der Waals surface area contributed by atoms with E-state index in [4.69, 9.17) is 0 Å². The zero-order chi connectivity index (χ0) is 18.5. The Balaban J connectivity index is 1.46. The lowest BCUT2D eigenvalue weighted by Crippen LogP contribution is -2.24. The van der Waals surface area contributed by atoms with Crippen molar-refractivity contribution >= 4 is 17.3 Å². The summed E-state index contributed by atoms with van der Waals surface area (Å²) >= 11 is 0. The Labute approximate surface area is 158 Å². The van der Waals surface area contributed by atoms with Gasteiger partial charge in [0.05, 0.1) is 17.4 Å². The Morgan fingerprint density at radius 1 is 1.04 bits per heavy atom. The van der Waals surface area contributed by atoms with Crippen LogP contribution in [0.4, 0.5) is 11.4 Å². The van der Waals surface area contributed by atoms with E-state index in [1.807, 2.05) is 48.7 Å². The van der Waals surface area contributed by atoms with Crippen molar-refractivity contribution in [3.8, 4) is 5.82 Å². The van der Waals surface area contributed by atoms with E-state index in [0.717, 1.165) is 18.5 Å². The van der Waals surface area contributed by atoms with Gasteiger partial charge in [0.25, 0.3) is 5.91 Å². The molecule has 1 amide bonds. The Kier molecular flexibility index (Phi) is 5.14. The molecule has 0 unspecified atom stereocenters. The van der Waals surface area contributed by atoms with E-state index in [1.165, 1.54) is 19.3 Å². The fourth-order valence-electron chi connectivity index (χ4n) is 3.47. The Morgan fingerprint density at radius 3 is 2.63 bits per heavy atom. The highest BCUT2D eigenvalue weighted by Crippen LogP contribution is 2.24. The van der Waals surface area contributed by atoms with E-state index in [1.54, 1.807) is 17.1 Å². The van der Waals surface area contributed by atoms with E-state index in [9.17, 15) is 4.79 Å². The number of nitrogens with one attached hydrogen (secondary N) is 2. The molecule has 2 N–H and O–H groups in total. The minimum Gasteiger partial charge on any atom is -0.382 e. The fourth-order valence-corrected chi connectivity index (χ4v) is 3.47. The van der Waals surface area contributed by atoms with Crippen LogP contribution in [0.1, 0.15) is 42.5 Å². The largest absolute Gasteiger partial charge is 0.382 e. The summed E-state index contributed by atoms with van der Waals surface area (Å²) in [4.78, 5) is 17.1. The molecule has 27 heavy (non-hydrogen) atoms. The van der Waals surface area contributed by atoms with Gasteiger partial charge in [0.2, 0.25) is 0 Å². The van der Waals surface area contributed by atoms with Crippen LogP contribution in [-0.4, -0.2) is 26.7 Å². The van der Waals surface area contributed by atoms with Crippen LogP contribution in [-0.2, 0) is 0 Å². The number of rotatable bonds is 5. The van der Waals surface area contributed by atoms with E-state index >= 15 is 0 Å². The zero-order valence-corrected chi connectivity index (χ0v) is 15.1. The third-order valence-corrected chi connectivity index (χ3v) is 4.88. The van der Waals surface area contributed by atoms with Gasteiger partial charge in [-0.05, 0) is 43.2 Å². The zero-order valence-electron chi connectivity index (χ0n) is 15.1. The first-order valence-electron chi connectivity index (χ1n) is 9.42. The normalized spacial score (nSPS) is 14.7. The fraction of sp³-hybridized carbons (Fsp3) is 0.286. The minimum absolute atomic E-state index is 0.137. The molecular weight excluding hydrogens is 338 g/mol. The monoisotopic (exact) mass is 361 g/mol. The standard InChI is InChI=1S/C21H23N5O/c27-21(25-17-11-12-20(22-15-17)26-14-6-13-23-26)18-9-4-5-10-19(18)24-16-7-2-1-3-8-16/h4-6,9-16,24H,1-3,7-8H2,(H,25,27). The van der Waals surface area contributed by atoms with Crippen LogP contribution in [0, 0.1) is 0 Å². The number of pyridine rings is 1. The van der Waals surface area contributed by atoms with Gasteiger partial charge in [0.15, 0.2) is 5.82 Å². The highest BCUT2D eigenvalue weighted by Gasteiger charge is 2.17. The molecule has 0 radical (unpaired) electrons. The van der Waals surface area contributed by atoms with Crippen molar-refractivity contribution in [2.45, 2.75) is 38.1 Å². The van der Waals surface area contributed by atoms with Crippen molar-refractivity contribution in [2.24, 2.45) is 0 Å². The van der Waals surface area contributed by atoms with Gasteiger partial charge in [-0.25, -0.2) is 9.67 Å². The van der Waals surface area contributed by atoms with Gasteiger partial charge in [-0.3, -0.25) is 4.79 Å². The lowest BCUT2D eigenvalue weighted by Gasteiger charge is -2.25. The van der Waals surface area contributed by atoms with E-state index in [-0.39, 0.29) is 5.91 Å². The van der Waals surface area contributed by atoms with Crippen LogP contribution >= 0.6 is 0 Å². The predicted molar refractivity (Wildman–Crippen MR) is 106 cm³/mol. The lowest BCUT2D eigenvalue weighted by atomic mass is 9.95. The van der Waals surface area contributed by atoms with Crippen molar-refractivity contribution in [1.29, 1.82) is 0 Å². The molecule has 6 nitrogen and oxygen atoms in total. The second-order valence-electron chi connectivity index (χ2n) is 6.83. The van der Waals surface area contributed by atoms with E-state index < -0.39 is 0 Å². The number of carbonyl (C=O) groups excluding carboxylic acids is 1. The smallest absolute Gasteiger partial charge is 0.257 e. The molecule has 2 heterocycles. The van der Waals surface area contributed by atoms with Gasteiger partial charge >= 0.3 is 0 Å². The molecular formula is C21H23N5O. The topological polar surface area (TPSA) is 71.8 Å². The highest BCUT2D eigenvalue weighted by molar-refractivity contribution is 6.08. The van der Waals surface area contributed by atoms with Gasteiger partial charge in [-0.2, -0.15) is 5.10 Å². The SMILES string of the molecule is O=C(Nc1ccc(-n2cccn2)nc1)c1ccccc1NC1CCCCC1. The van der Waals surface area contributed by atoms with E-state index in [0.29, 0.717) is 23.1 Å². The summed E-state index contributed by atoms with van der Waals surface area (Å²) in [5.74, 6) is 0.569. The number of amides is 1. The lowest BCUT2D eigenvalue weighted by molar-refractivity contribution is 0.102. The van der Waals surface area contributed by atoms with Crippen molar-refractivity contribution in [2.75, 3.05) is 10.6 Å². The maximum absolute atomic E-state index is 12.8. The molecule has 1 saturated carbocycles. The number of aromatic nitrogens is 3. The predicted octanol–water partition coefficient (Wildman–Crippen LogP) is 4.26. The molecule has 4 rings (SSSR count). The van der Waals surface area contributed by atoms with Gasteiger partial charge in [0, 0.05) is 24.1 Å². The second kappa shape index (κ2) is 8.03. The Morgan fingerprint density at radius 2 is 1.89 bits per heavy atom. The van der Waals surface area contributed by atoms with Gasteiger partial charge < -0.3 is 10.6 Å². The molecule has 0 atom stereocenters. The van der Waals surface area contributed by atoms with Crippen LogP contribution in [0.2, 0.25) is 0 Å². The van der Waals surface area contributed by atoms with Crippen LogP contribution in [0.15, 0.2) is 61.1 Å². The molecule has 0 spiro atoms. The molecule has 138 valence electrons. The van der Waals surface area contributed by atoms with Gasteiger partial charge in [0.1, 0.15) is 0 Å². The summed E-state index contributed by atoms with van der Waals surface area (Å²) in [6.07, 6.45) is 11.3. The molecule has 2 aromatic heterocycles. The number of carbonyl (C=O) groups is 1. The first kappa shape index (κ1) is 17.3. The summed E-state index contributed by atoms with van der Waals surface area (Å²) < 4.78 is 1.68. The van der Waals surface area contributed by atoms with Crippen molar-refractivity contribution < 1.29 is 4.79 Å². The quantitative estimate of drug-likeness (QED) is 0.712. The summed E-state index contributed by atoms with van der Waals surface area (Å²) in [5, 5.41) is 10.6. The first-order chi connectivity index (χ1) is 13.3. The number of nitrogens with zero attached hydrogens (tertiary/aromatic N) is 3. The maximum atomic E-state index is 12.8. The molecule has 0 aliphatic heterocycles. The van der Waals surface area contributed by atoms with Gasteiger partial charge in [-0.1, -0.05) is 31.4 Å². The van der Waals surface area contributed by atoms with Crippen LogP contribution < -0.4 is 10.6 Å². The summed E-state index contributed by atoms with van der Waals surface area (Å²) in [5.41, 5.74) is 2.20. The van der Waals surface area contributed by atoms with Crippen LogP contribution in [0.3, 0.4) is 0 Å². The van der Waals surface area contributed by atoms with Crippen LogP contribution in [0.25, 0.3) is 5.82 Å². The first-order valence-corrected chi connectivity index (χ1v) is 9.42. The molecule has 3 aromatic rings. The highest BCUT2D eigenvalue weighted by atomic mass is 16.1. The van der Waals surface area contributed by atoms with E-state index in [2.05, 4.69) is 20.7 Å². The minimum atomic E-state index is -0.137. The number of anilines is 2. The number of para-hydroxylation sites is 1. The number of benzene rings is 1. The van der Waals surface area contributed by atoms with Crippen LogP contribution in [0.5, 0.6) is 0 Å². The molecule has 0 saturated heterocycles. The maximum Gasteiger partial charge on any atom is 0.257 e. The Bertz CT molecular complexity index is 883. The summed E-state index contributed by atoms with van der Waals surface area (Å²) in [7, 11) is 0. The van der Waals surface area contributed by atoms with Gasteiger partial charge in [-0.15, -0.1) is 0 Å². The van der Waals surface area contributed by atoms with Crippen molar-refractivity contribution in [3.63, 3.8) is 0 Å². The second-order valence-corrected chi connectivity index (χ2v) is 6.83. The summed E-state index contributed by atoms with van der Waals surface area (Å²) in [6, 6.07) is 13.6. The average molecular weight is 361 g/mol. The average Bonchev–Trinajstić information content (AvgIpc) is 3.25. The Hall–Kier alpha value is -3.15. The van der Waals surface area contributed by atoms with Crippen molar-refractivity contribution in [1.82, 2.24) is 14.8 Å². The molecule has 1 aromatic carbocycles. The third kappa shape index (κ3) is 4.16. The molecule has 1 aliphatic rings. The molecule has 1 aliphatic carbocycles. The third-order valence-electron chi connectivity index (χ3n) is 4.88. The molecule has 6 heteroatoms. The molecule has 0 bridgehead atoms. The number of hydrogen-bond acceptors (Lipinski definition) is 4. The summed E-state index contributed by atoms with van der Waals surface area (Å²) in [6.45, 7) is 0. The number of hydrogen-bond donors (Lipinski definition) is 2. The molecule has 1 fully saturated rings. The van der Waals surface area contributed by atoms with Crippen molar-refractivity contribution in [3.05, 3.63) is 66.6 Å².